The zero-order valence-corrected chi connectivity index (χ0v) is 12.8. The fourth-order valence-corrected chi connectivity index (χ4v) is 1.84. The second-order valence-electron chi connectivity index (χ2n) is 5.17. The van der Waals surface area contributed by atoms with Gasteiger partial charge in [-0.2, -0.15) is 5.10 Å². The molecule has 0 amide bonds. The number of aromatic nitrogens is 2. The molecule has 0 spiro atoms. The van der Waals surface area contributed by atoms with E-state index in [2.05, 4.69) is 22.0 Å². The molecule has 0 saturated carbocycles. The number of benzene rings is 1. The number of nitrogens with zero attached hydrogens (tertiary/aromatic N) is 3. The number of nitrogens with one attached hydrogen (secondary N) is 1. The summed E-state index contributed by atoms with van der Waals surface area (Å²) in [5.41, 5.74) is 9.39. The molecular weight excluding hydrogens is 281 g/mol. The van der Waals surface area contributed by atoms with Gasteiger partial charge < -0.3 is 11.1 Å². The molecule has 0 aliphatic rings. The summed E-state index contributed by atoms with van der Waals surface area (Å²) in [7, 11) is 0. The van der Waals surface area contributed by atoms with Crippen molar-refractivity contribution in [2.75, 3.05) is 6.54 Å². The Kier molecular flexibility index (Phi) is 4.93. The Bertz CT molecular complexity index is 685. The third-order valence-corrected chi connectivity index (χ3v) is 3.08. The zero-order valence-electron chi connectivity index (χ0n) is 12.8. The molecule has 3 N–H and O–H groups in total. The Hall–Kier alpha value is -2.63. The summed E-state index contributed by atoms with van der Waals surface area (Å²) in [5.74, 6) is 0.103. The molecule has 1 aromatic heterocycles. The molecule has 1 heterocycles. The van der Waals surface area contributed by atoms with Crippen LogP contribution in [-0.4, -0.2) is 22.3 Å². The number of hydrogen-bond donors (Lipinski definition) is 2. The molecule has 2 rings (SSSR count). The van der Waals surface area contributed by atoms with Crippen molar-refractivity contribution in [3.63, 3.8) is 0 Å². The van der Waals surface area contributed by atoms with Gasteiger partial charge in [0, 0.05) is 18.3 Å². The summed E-state index contributed by atoms with van der Waals surface area (Å²) in [6, 6.07) is 6.17. The number of hydrogen-bond acceptors (Lipinski definition) is 2. The highest BCUT2D eigenvalue weighted by molar-refractivity contribution is 5.78. The van der Waals surface area contributed by atoms with Crippen LogP contribution in [0.2, 0.25) is 0 Å². The van der Waals surface area contributed by atoms with Crippen LogP contribution in [0.1, 0.15) is 18.2 Å². The molecule has 6 heteroatoms. The summed E-state index contributed by atoms with van der Waals surface area (Å²) in [4.78, 5) is 4.28. The van der Waals surface area contributed by atoms with Crippen molar-refractivity contribution in [3.05, 3.63) is 59.7 Å². The van der Waals surface area contributed by atoms with Crippen molar-refractivity contribution < 1.29 is 4.39 Å². The normalized spacial score (nSPS) is 11.5. The topological polar surface area (TPSA) is 68.2 Å². The van der Waals surface area contributed by atoms with Crippen LogP contribution in [0.3, 0.4) is 0 Å². The van der Waals surface area contributed by atoms with E-state index in [1.165, 1.54) is 12.1 Å². The Morgan fingerprint density at radius 3 is 2.73 bits per heavy atom. The van der Waals surface area contributed by atoms with E-state index in [-0.39, 0.29) is 5.82 Å². The summed E-state index contributed by atoms with van der Waals surface area (Å²) in [6.07, 6.45) is 1.87. The molecule has 1 aromatic carbocycles. The molecular formula is C16H20FN5. The van der Waals surface area contributed by atoms with Crippen LogP contribution >= 0.6 is 0 Å². The number of aryl methyl sites for hydroxylation is 1. The van der Waals surface area contributed by atoms with Gasteiger partial charge in [-0.25, -0.2) is 14.1 Å². The maximum absolute atomic E-state index is 13.0. The molecule has 2 aromatic rings. The Morgan fingerprint density at radius 1 is 1.41 bits per heavy atom. The molecule has 0 bridgehead atoms. The minimum atomic E-state index is -0.270. The molecule has 0 aliphatic heterocycles. The minimum Gasteiger partial charge on any atom is -0.370 e. The maximum Gasteiger partial charge on any atom is 0.189 e. The van der Waals surface area contributed by atoms with Gasteiger partial charge in [0.1, 0.15) is 5.82 Å². The first kappa shape index (κ1) is 15.8. The number of rotatable bonds is 5. The van der Waals surface area contributed by atoms with Crippen LogP contribution in [0.15, 0.2) is 47.6 Å². The van der Waals surface area contributed by atoms with Crippen LogP contribution in [0.5, 0.6) is 0 Å². The van der Waals surface area contributed by atoms with E-state index in [4.69, 9.17) is 5.73 Å². The molecule has 0 saturated heterocycles. The Labute approximate surface area is 129 Å². The van der Waals surface area contributed by atoms with Crippen LogP contribution in [0.25, 0.3) is 5.69 Å². The number of guanidine groups is 1. The maximum atomic E-state index is 13.0. The van der Waals surface area contributed by atoms with E-state index in [0.29, 0.717) is 19.0 Å². The lowest BCUT2D eigenvalue weighted by Crippen LogP contribution is -2.32. The highest BCUT2D eigenvalue weighted by Crippen LogP contribution is 2.13. The molecule has 0 atom stereocenters. The third-order valence-electron chi connectivity index (χ3n) is 3.08. The van der Waals surface area contributed by atoms with Crippen molar-refractivity contribution in [1.29, 1.82) is 0 Å². The van der Waals surface area contributed by atoms with Gasteiger partial charge in [0.2, 0.25) is 0 Å². The van der Waals surface area contributed by atoms with Gasteiger partial charge in [-0.05, 0) is 38.1 Å². The lowest BCUT2D eigenvalue weighted by Gasteiger charge is -2.04. The van der Waals surface area contributed by atoms with E-state index in [0.717, 1.165) is 22.5 Å². The number of nitrogens with two attached hydrogens (primary N) is 1. The Balaban J connectivity index is 2.08. The average Bonchev–Trinajstić information content (AvgIpc) is 2.85. The van der Waals surface area contributed by atoms with Crippen molar-refractivity contribution in [2.45, 2.75) is 20.4 Å². The molecule has 0 unspecified atom stereocenters. The molecule has 22 heavy (non-hydrogen) atoms. The van der Waals surface area contributed by atoms with Gasteiger partial charge in [-0.3, -0.25) is 0 Å². The zero-order chi connectivity index (χ0) is 16.1. The lowest BCUT2D eigenvalue weighted by molar-refractivity contribution is 0.627. The molecule has 0 aliphatic carbocycles. The van der Waals surface area contributed by atoms with Crippen LogP contribution < -0.4 is 11.1 Å². The molecule has 116 valence electrons. The predicted molar refractivity (Wildman–Crippen MR) is 86.4 cm³/mol. The largest absolute Gasteiger partial charge is 0.370 e. The number of halogens is 1. The van der Waals surface area contributed by atoms with Gasteiger partial charge in [0.15, 0.2) is 5.96 Å². The smallest absolute Gasteiger partial charge is 0.189 e. The second kappa shape index (κ2) is 6.89. The minimum absolute atomic E-state index is 0.270. The highest BCUT2D eigenvalue weighted by atomic mass is 19.1. The van der Waals surface area contributed by atoms with Gasteiger partial charge in [0.05, 0.1) is 17.9 Å². The standard InChI is InChI=1S/C16H20FN5/c1-11(2)8-19-16(18)20-9-13-10-22(21-12(13)3)15-6-4-14(17)5-7-15/h4-7,10H,1,8-9H2,2-3H3,(H3,18,19,20). The van der Waals surface area contributed by atoms with Gasteiger partial charge >= 0.3 is 0 Å². The summed E-state index contributed by atoms with van der Waals surface area (Å²) in [6.45, 7) is 8.64. The molecule has 0 radical (unpaired) electrons. The first-order chi connectivity index (χ1) is 10.5. The molecule has 5 nitrogen and oxygen atoms in total. The van der Waals surface area contributed by atoms with E-state index < -0.39 is 0 Å². The first-order valence-electron chi connectivity index (χ1n) is 6.95. The van der Waals surface area contributed by atoms with Gasteiger partial charge in [0.25, 0.3) is 0 Å². The van der Waals surface area contributed by atoms with Crippen molar-refractivity contribution in [1.82, 2.24) is 15.1 Å². The third kappa shape index (κ3) is 4.18. The second-order valence-corrected chi connectivity index (χ2v) is 5.17. The van der Waals surface area contributed by atoms with E-state index >= 15 is 0 Å². The Morgan fingerprint density at radius 2 is 2.09 bits per heavy atom. The summed E-state index contributed by atoms with van der Waals surface area (Å²) < 4.78 is 14.7. The summed E-state index contributed by atoms with van der Waals surface area (Å²) in [5, 5.41) is 7.39. The van der Waals surface area contributed by atoms with E-state index in [1.54, 1.807) is 16.8 Å². The molecule has 0 fully saturated rings. The number of aliphatic imine (C=N–C) groups is 1. The first-order valence-corrected chi connectivity index (χ1v) is 6.95. The van der Waals surface area contributed by atoms with E-state index in [9.17, 15) is 4.39 Å². The average molecular weight is 301 g/mol. The fourth-order valence-electron chi connectivity index (χ4n) is 1.84. The fraction of sp³-hybridized carbons (Fsp3) is 0.250. The van der Waals surface area contributed by atoms with Crippen LogP contribution in [0.4, 0.5) is 4.39 Å². The van der Waals surface area contributed by atoms with Crippen LogP contribution in [0, 0.1) is 12.7 Å². The predicted octanol–water partition coefficient (Wildman–Crippen LogP) is 2.30. The quantitative estimate of drug-likeness (QED) is 0.506. The van der Waals surface area contributed by atoms with Crippen molar-refractivity contribution in [2.24, 2.45) is 10.7 Å². The van der Waals surface area contributed by atoms with E-state index in [1.807, 2.05) is 20.0 Å². The SMILES string of the molecule is C=C(C)CNC(N)=NCc1cn(-c2ccc(F)cc2)nc1C. The monoisotopic (exact) mass is 301 g/mol. The highest BCUT2D eigenvalue weighted by Gasteiger charge is 2.06. The van der Waals surface area contributed by atoms with Crippen molar-refractivity contribution >= 4 is 5.96 Å². The van der Waals surface area contributed by atoms with Gasteiger partial charge in [-0.1, -0.05) is 12.2 Å². The summed E-state index contributed by atoms with van der Waals surface area (Å²) >= 11 is 0. The van der Waals surface area contributed by atoms with Crippen molar-refractivity contribution in [3.8, 4) is 5.69 Å². The van der Waals surface area contributed by atoms with Gasteiger partial charge in [-0.15, -0.1) is 0 Å². The lowest BCUT2D eigenvalue weighted by atomic mass is 10.2. The van der Waals surface area contributed by atoms with Crippen LogP contribution in [-0.2, 0) is 6.54 Å².